The third-order valence-corrected chi connectivity index (χ3v) is 5.39. The van der Waals surface area contributed by atoms with Gasteiger partial charge >= 0.3 is 0 Å². The fraction of sp³-hybridized carbons (Fsp3) is 0.958. The normalized spacial score (nSPS) is 12.6. The number of ketones is 1. The SMILES string of the molecule is CCCCCCCCOC(CCC(=O)C(C)CC)OCCCCCCCC. The van der Waals surface area contributed by atoms with Crippen LogP contribution in [0.15, 0.2) is 0 Å². The van der Waals surface area contributed by atoms with Gasteiger partial charge in [-0.3, -0.25) is 4.79 Å². The molecular weight excluding hydrogens is 336 g/mol. The molecule has 0 saturated heterocycles. The monoisotopic (exact) mass is 384 g/mol. The van der Waals surface area contributed by atoms with Gasteiger partial charge in [0.25, 0.3) is 0 Å². The van der Waals surface area contributed by atoms with Crippen LogP contribution in [0, 0.1) is 5.92 Å². The maximum Gasteiger partial charge on any atom is 0.157 e. The van der Waals surface area contributed by atoms with Gasteiger partial charge in [-0.1, -0.05) is 91.9 Å². The lowest BCUT2D eigenvalue weighted by molar-refractivity contribution is -0.151. The summed E-state index contributed by atoms with van der Waals surface area (Å²) >= 11 is 0. The molecule has 0 rings (SSSR count). The standard InChI is InChI=1S/C24H48O3/c1-5-8-10-12-14-16-20-26-24(19-18-23(25)22(4)7-3)27-21-17-15-13-11-9-6-2/h22,24H,5-21H2,1-4H3. The first-order valence-electron chi connectivity index (χ1n) is 11.9. The lowest BCUT2D eigenvalue weighted by Crippen LogP contribution is -2.21. The molecule has 0 fully saturated rings. The quantitative estimate of drug-likeness (QED) is 0.152. The van der Waals surface area contributed by atoms with Crippen LogP contribution in [0.4, 0.5) is 0 Å². The van der Waals surface area contributed by atoms with E-state index in [0.717, 1.165) is 32.5 Å². The Balaban J connectivity index is 4.00. The summed E-state index contributed by atoms with van der Waals surface area (Å²) < 4.78 is 12.0. The number of rotatable bonds is 21. The maximum absolute atomic E-state index is 12.1. The molecule has 1 atom stereocenters. The Morgan fingerprint density at radius 2 is 1.15 bits per heavy atom. The van der Waals surface area contributed by atoms with Crippen molar-refractivity contribution in [3.63, 3.8) is 0 Å². The third-order valence-electron chi connectivity index (χ3n) is 5.39. The van der Waals surface area contributed by atoms with Gasteiger partial charge in [0.15, 0.2) is 6.29 Å². The van der Waals surface area contributed by atoms with E-state index in [1.807, 2.05) is 6.92 Å². The summed E-state index contributed by atoms with van der Waals surface area (Å²) in [6.45, 7) is 10.1. The number of carbonyl (C=O) groups is 1. The predicted octanol–water partition coefficient (Wildman–Crippen LogP) is 7.46. The Kier molecular flexibility index (Phi) is 20.0. The van der Waals surface area contributed by atoms with Gasteiger partial charge in [-0.15, -0.1) is 0 Å². The van der Waals surface area contributed by atoms with E-state index in [4.69, 9.17) is 9.47 Å². The van der Waals surface area contributed by atoms with Crippen molar-refractivity contribution < 1.29 is 14.3 Å². The van der Waals surface area contributed by atoms with E-state index in [0.29, 0.717) is 18.6 Å². The average molecular weight is 385 g/mol. The molecule has 0 aliphatic carbocycles. The van der Waals surface area contributed by atoms with Gasteiger partial charge in [-0.05, 0) is 19.3 Å². The van der Waals surface area contributed by atoms with Crippen LogP contribution >= 0.6 is 0 Å². The van der Waals surface area contributed by atoms with Crippen LogP contribution in [0.2, 0.25) is 0 Å². The smallest absolute Gasteiger partial charge is 0.157 e. The summed E-state index contributed by atoms with van der Waals surface area (Å²) in [6.07, 6.45) is 17.2. The van der Waals surface area contributed by atoms with Crippen LogP contribution in [0.5, 0.6) is 0 Å². The first-order valence-corrected chi connectivity index (χ1v) is 11.9. The topological polar surface area (TPSA) is 35.5 Å². The van der Waals surface area contributed by atoms with Crippen molar-refractivity contribution in [3.05, 3.63) is 0 Å². The molecule has 0 radical (unpaired) electrons. The average Bonchev–Trinajstić information content (AvgIpc) is 2.68. The molecule has 0 aromatic rings. The Bertz CT molecular complexity index is 299. The third kappa shape index (κ3) is 17.4. The summed E-state index contributed by atoms with van der Waals surface area (Å²) in [5.74, 6) is 0.497. The molecule has 0 aromatic heterocycles. The van der Waals surface area contributed by atoms with E-state index in [2.05, 4.69) is 20.8 Å². The lowest BCUT2D eigenvalue weighted by Gasteiger charge is -2.19. The zero-order valence-corrected chi connectivity index (χ0v) is 18.9. The van der Waals surface area contributed by atoms with E-state index in [-0.39, 0.29) is 12.2 Å². The van der Waals surface area contributed by atoms with Gasteiger partial charge < -0.3 is 9.47 Å². The molecule has 0 N–H and O–H groups in total. The summed E-state index contributed by atoms with van der Waals surface area (Å²) in [7, 11) is 0. The number of unbranched alkanes of at least 4 members (excludes halogenated alkanes) is 10. The molecule has 0 aliphatic heterocycles. The largest absolute Gasteiger partial charge is 0.353 e. The minimum Gasteiger partial charge on any atom is -0.353 e. The Labute approximate surface area is 170 Å². The lowest BCUT2D eigenvalue weighted by atomic mass is 10.00. The fourth-order valence-electron chi connectivity index (χ4n) is 3.14. The highest BCUT2D eigenvalue weighted by Crippen LogP contribution is 2.14. The van der Waals surface area contributed by atoms with Crippen LogP contribution in [-0.2, 0) is 14.3 Å². The molecule has 162 valence electrons. The van der Waals surface area contributed by atoms with Crippen molar-refractivity contribution in [2.75, 3.05) is 13.2 Å². The van der Waals surface area contributed by atoms with Crippen LogP contribution in [-0.4, -0.2) is 25.3 Å². The van der Waals surface area contributed by atoms with Crippen molar-refractivity contribution in [2.45, 2.75) is 130 Å². The highest BCUT2D eigenvalue weighted by Gasteiger charge is 2.15. The molecule has 27 heavy (non-hydrogen) atoms. The van der Waals surface area contributed by atoms with Crippen LogP contribution < -0.4 is 0 Å². The molecule has 0 saturated carbocycles. The predicted molar refractivity (Wildman–Crippen MR) is 116 cm³/mol. The second kappa shape index (κ2) is 20.3. The minimum atomic E-state index is -0.204. The number of carbonyl (C=O) groups excluding carboxylic acids is 1. The second-order valence-electron chi connectivity index (χ2n) is 8.02. The van der Waals surface area contributed by atoms with Gasteiger partial charge in [-0.2, -0.15) is 0 Å². The zero-order chi connectivity index (χ0) is 20.2. The van der Waals surface area contributed by atoms with Gasteiger partial charge in [0.1, 0.15) is 5.78 Å². The van der Waals surface area contributed by atoms with Crippen LogP contribution in [0.25, 0.3) is 0 Å². The molecule has 0 amide bonds. The summed E-state index contributed by atoms with van der Waals surface area (Å²) in [4.78, 5) is 12.1. The van der Waals surface area contributed by atoms with Crippen LogP contribution in [0.1, 0.15) is 124 Å². The minimum absolute atomic E-state index is 0.155. The highest BCUT2D eigenvalue weighted by molar-refractivity contribution is 5.80. The summed E-state index contributed by atoms with van der Waals surface area (Å²) in [5.41, 5.74) is 0. The Morgan fingerprint density at radius 1 is 0.704 bits per heavy atom. The van der Waals surface area contributed by atoms with Gasteiger partial charge in [0, 0.05) is 32.0 Å². The Hall–Kier alpha value is -0.410. The van der Waals surface area contributed by atoms with Crippen molar-refractivity contribution in [1.82, 2.24) is 0 Å². The number of Topliss-reactive ketones (excluding diaryl/α,β-unsaturated/α-hetero) is 1. The van der Waals surface area contributed by atoms with E-state index in [1.165, 1.54) is 64.2 Å². The van der Waals surface area contributed by atoms with Gasteiger partial charge in [0.2, 0.25) is 0 Å². The molecule has 0 bridgehead atoms. The summed E-state index contributed by atoms with van der Waals surface area (Å²) in [5, 5.41) is 0. The Morgan fingerprint density at radius 3 is 1.59 bits per heavy atom. The fourth-order valence-corrected chi connectivity index (χ4v) is 3.14. The van der Waals surface area contributed by atoms with Crippen molar-refractivity contribution in [1.29, 1.82) is 0 Å². The highest BCUT2D eigenvalue weighted by atomic mass is 16.7. The van der Waals surface area contributed by atoms with E-state index in [1.54, 1.807) is 0 Å². The second-order valence-corrected chi connectivity index (χ2v) is 8.02. The molecule has 0 heterocycles. The molecule has 3 nitrogen and oxygen atoms in total. The summed E-state index contributed by atoms with van der Waals surface area (Å²) in [6, 6.07) is 0. The van der Waals surface area contributed by atoms with Crippen molar-refractivity contribution in [3.8, 4) is 0 Å². The molecule has 0 aliphatic rings. The molecule has 0 aromatic carbocycles. The molecule has 1 unspecified atom stereocenters. The van der Waals surface area contributed by atoms with Crippen molar-refractivity contribution in [2.24, 2.45) is 5.92 Å². The van der Waals surface area contributed by atoms with Gasteiger partial charge in [0.05, 0.1) is 0 Å². The molecule has 0 spiro atoms. The number of ether oxygens (including phenoxy) is 2. The van der Waals surface area contributed by atoms with Crippen molar-refractivity contribution >= 4 is 5.78 Å². The molecule has 3 heteroatoms. The first-order chi connectivity index (χ1) is 13.2. The maximum atomic E-state index is 12.1. The van der Waals surface area contributed by atoms with E-state index >= 15 is 0 Å². The zero-order valence-electron chi connectivity index (χ0n) is 18.9. The number of hydrogen-bond donors (Lipinski definition) is 0. The van der Waals surface area contributed by atoms with Gasteiger partial charge in [-0.25, -0.2) is 0 Å². The van der Waals surface area contributed by atoms with E-state index in [9.17, 15) is 4.79 Å². The number of hydrogen-bond acceptors (Lipinski definition) is 3. The first kappa shape index (κ1) is 26.6. The molecular formula is C24H48O3. The van der Waals surface area contributed by atoms with Crippen LogP contribution in [0.3, 0.4) is 0 Å². The van der Waals surface area contributed by atoms with E-state index < -0.39 is 0 Å².